The van der Waals surface area contributed by atoms with Crippen molar-refractivity contribution >= 4 is 17.3 Å². The molecule has 0 bridgehead atoms. The molecule has 112 valence electrons. The minimum Gasteiger partial charge on any atom is -0.478 e. The van der Waals surface area contributed by atoms with Crippen LogP contribution in [0.15, 0.2) is 12.1 Å². The van der Waals surface area contributed by atoms with Gasteiger partial charge >= 0.3 is 12.1 Å². The minimum absolute atomic E-state index is 0.0113. The molecule has 0 amide bonds. The number of rotatable bonds is 6. The van der Waals surface area contributed by atoms with E-state index in [1.54, 1.807) is 13.0 Å². The maximum Gasteiger partial charge on any atom is 0.389 e. The van der Waals surface area contributed by atoms with Gasteiger partial charge in [0.2, 0.25) is 0 Å². The number of hydrogen-bond acceptors (Lipinski definition) is 3. The number of nitrogens with two attached hydrogens (primary N) is 1. The predicted molar refractivity (Wildman–Crippen MR) is 70.9 cm³/mol. The van der Waals surface area contributed by atoms with Gasteiger partial charge in [-0.2, -0.15) is 13.2 Å². The van der Waals surface area contributed by atoms with Crippen LogP contribution in [0.4, 0.5) is 24.5 Å². The average Bonchev–Trinajstić information content (AvgIpc) is 2.31. The number of benzene rings is 1. The van der Waals surface area contributed by atoms with Gasteiger partial charge in [-0.3, -0.25) is 0 Å². The summed E-state index contributed by atoms with van der Waals surface area (Å²) in [5, 5.41) is 11.9. The molecule has 0 aliphatic rings. The van der Waals surface area contributed by atoms with Gasteiger partial charge < -0.3 is 16.2 Å². The molecule has 0 spiro atoms. The molecule has 0 radical (unpaired) electrons. The molecule has 1 aromatic rings. The Morgan fingerprint density at radius 2 is 2.00 bits per heavy atom. The molecule has 0 saturated heterocycles. The van der Waals surface area contributed by atoms with Crippen LogP contribution < -0.4 is 11.1 Å². The highest BCUT2D eigenvalue weighted by atomic mass is 19.4. The topological polar surface area (TPSA) is 75.3 Å². The fourth-order valence-electron chi connectivity index (χ4n) is 1.76. The first-order valence-corrected chi connectivity index (χ1v) is 6.15. The van der Waals surface area contributed by atoms with E-state index in [1.165, 1.54) is 6.07 Å². The van der Waals surface area contributed by atoms with Gasteiger partial charge in [-0.05, 0) is 37.5 Å². The van der Waals surface area contributed by atoms with Gasteiger partial charge in [0.15, 0.2) is 0 Å². The van der Waals surface area contributed by atoms with Crippen molar-refractivity contribution in [1.82, 2.24) is 0 Å². The third-order valence-electron chi connectivity index (χ3n) is 2.83. The highest BCUT2D eigenvalue weighted by Gasteiger charge is 2.25. The van der Waals surface area contributed by atoms with E-state index in [0.29, 0.717) is 24.2 Å². The average molecular weight is 290 g/mol. The van der Waals surface area contributed by atoms with E-state index in [4.69, 9.17) is 10.8 Å². The van der Waals surface area contributed by atoms with Crippen molar-refractivity contribution in [2.45, 2.75) is 32.4 Å². The lowest BCUT2D eigenvalue weighted by Crippen LogP contribution is -2.10. The van der Waals surface area contributed by atoms with Gasteiger partial charge in [-0.1, -0.05) is 0 Å². The summed E-state index contributed by atoms with van der Waals surface area (Å²) in [5.74, 6) is -1.13. The Labute approximate surface area is 114 Å². The molecule has 20 heavy (non-hydrogen) atoms. The molecule has 0 aromatic heterocycles. The third kappa shape index (κ3) is 4.99. The lowest BCUT2D eigenvalue weighted by atomic mass is 10.1. The Hall–Kier alpha value is -1.92. The van der Waals surface area contributed by atoms with E-state index >= 15 is 0 Å². The number of aromatic carboxylic acids is 1. The van der Waals surface area contributed by atoms with Gasteiger partial charge in [0.1, 0.15) is 0 Å². The number of unbranched alkanes of at least 4 members (excludes halogenated alkanes) is 1. The number of aryl methyl sites for hydroxylation is 1. The first-order chi connectivity index (χ1) is 9.20. The maximum atomic E-state index is 11.9. The molecule has 0 heterocycles. The third-order valence-corrected chi connectivity index (χ3v) is 2.83. The molecule has 0 aliphatic heterocycles. The van der Waals surface area contributed by atoms with Crippen molar-refractivity contribution in [3.63, 3.8) is 0 Å². The first-order valence-electron chi connectivity index (χ1n) is 6.15. The predicted octanol–water partition coefficient (Wildman–Crippen LogP) is 3.42. The van der Waals surface area contributed by atoms with Crippen molar-refractivity contribution in [3.8, 4) is 0 Å². The zero-order valence-corrected chi connectivity index (χ0v) is 11.0. The van der Waals surface area contributed by atoms with Crippen molar-refractivity contribution < 1.29 is 23.1 Å². The summed E-state index contributed by atoms with van der Waals surface area (Å²) in [6, 6.07) is 3.06. The molecule has 0 aliphatic carbocycles. The number of nitrogen functional groups attached to an aromatic ring is 1. The van der Waals surface area contributed by atoms with E-state index in [1.807, 2.05) is 0 Å². The van der Waals surface area contributed by atoms with Gasteiger partial charge in [0, 0.05) is 24.3 Å². The SMILES string of the molecule is Cc1cc(NCCCCC(F)(F)F)cc(C(=O)O)c1N. The number of carboxylic acids is 1. The second-order valence-electron chi connectivity index (χ2n) is 4.56. The summed E-state index contributed by atoms with van der Waals surface area (Å²) >= 11 is 0. The van der Waals surface area contributed by atoms with E-state index in [-0.39, 0.29) is 17.7 Å². The largest absolute Gasteiger partial charge is 0.478 e. The first kappa shape index (κ1) is 16.1. The fourth-order valence-corrected chi connectivity index (χ4v) is 1.76. The van der Waals surface area contributed by atoms with Crippen LogP contribution in [-0.2, 0) is 0 Å². The van der Waals surface area contributed by atoms with Crippen LogP contribution in [-0.4, -0.2) is 23.8 Å². The highest BCUT2D eigenvalue weighted by molar-refractivity contribution is 5.95. The van der Waals surface area contributed by atoms with Gasteiger partial charge in [-0.25, -0.2) is 4.79 Å². The smallest absolute Gasteiger partial charge is 0.389 e. The lowest BCUT2D eigenvalue weighted by Gasteiger charge is -2.11. The molecule has 0 saturated carbocycles. The van der Waals surface area contributed by atoms with E-state index < -0.39 is 18.6 Å². The second-order valence-corrected chi connectivity index (χ2v) is 4.56. The number of carboxylic acid groups (broad SMARTS) is 1. The molecule has 0 atom stereocenters. The molecular weight excluding hydrogens is 273 g/mol. The summed E-state index contributed by atoms with van der Waals surface area (Å²) in [6.07, 6.45) is -4.55. The fraction of sp³-hybridized carbons (Fsp3) is 0.462. The maximum absolute atomic E-state index is 11.9. The monoisotopic (exact) mass is 290 g/mol. The molecule has 0 unspecified atom stereocenters. The van der Waals surface area contributed by atoms with Crippen LogP contribution >= 0.6 is 0 Å². The minimum atomic E-state index is -4.13. The zero-order chi connectivity index (χ0) is 15.3. The van der Waals surface area contributed by atoms with E-state index in [9.17, 15) is 18.0 Å². The number of nitrogens with one attached hydrogen (secondary N) is 1. The Bertz CT molecular complexity index is 487. The van der Waals surface area contributed by atoms with Crippen LogP contribution in [0.3, 0.4) is 0 Å². The van der Waals surface area contributed by atoms with Gasteiger partial charge in [0.05, 0.1) is 5.56 Å². The summed E-state index contributed by atoms with van der Waals surface area (Å²) in [6.45, 7) is 2.02. The molecule has 4 N–H and O–H groups in total. The zero-order valence-electron chi connectivity index (χ0n) is 11.0. The molecular formula is C13H17F3N2O2. The Kier molecular flexibility index (Phi) is 5.24. The molecule has 1 aromatic carbocycles. The quantitative estimate of drug-likeness (QED) is 0.554. The van der Waals surface area contributed by atoms with E-state index in [0.717, 1.165) is 0 Å². The Morgan fingerprint density at radius 1 is 1.35 bits per heavy atom. The summed E-state index contributed by atoms with van der Waals surface area (Å²) in [5.41, 5.74) is 6.98. The second kappa shape index (κ2) is 6.49. The van der Waals surface area contributed by atoms with Crippen LogP contribution in [0, 0.1) is 6.92 Å². The van der Waals surface area contributed by atoms with Gasteiger partial charge in [0.25, 0.3) is 0 Å². The Balaban J connectivity index is 2.55. The van der Waals surface area contributed by atoms with Crippen LogP contribution in [0.25, 0.3) is 0 Å². The van der Waals surface area contributed by atoms with Crippen LogP contribution in [0.1, 0.15) is 35.2 Å². The number of halogens is 3. The standard InChI is InChI=1S/C13H17F3N2O2/c1-8-6-9(7-10(11(8)17)12(19)20)18-5-3-2-4-13(14,15)16/h6-7,18H,2-5,17H2,1H3,(H,19,20). The number of alkyl halides is 3. The van der Waals surface area contributed by atoms with E-state index in [2.05, 4.69) is 5.32 Å². The molecule has 1 rings (SSSR count). The number of hydrogen-bond donors (Lipinski definition) is 3. The summed E-state index contributed by atoms with van der Waals surface area (Å²) in [7, 11) is 0. The number of carbonyl (C=O) groups is 1. The highest BCUT2D eigenvalue weighted by Crippen LogP contribution is 2.24. The summed E-state index contributed by atoms with van der Waals surface area (Å²) in [4.78, 5) is 11.0. The molecule has 7 heteroatoms. The molecule has 0 fully saturated rings. The Morgan fingerprint density at radius 3 is 2.55 bits per heavy atom. The van der Waals surface area contributed by atoms with Crippen molar-refractivity contribution in [2.24, 2.45) is 0 Å². The van der Waals surface area contributed by atoms with Crippen LogP contribution in [0.5, 0.6) is 0 Å². The number of anilines is 2. The van der Waals surface area contributed by atoms with Crippen LogP contribution in [0.2, 0.25) is 0 Å². The normalized spacial score (nSPS) is 11.4. The lowest BCUT2D eigenvalue weighted by molar-refractivity contribution is -0.135. The van der Waals surface area contributed by atoms with Crippen molar-refractivity contribution in [1.29, 1.82) is 0 Å². The summed E-state index contributed by atoms with van der Waals surface area (Å²) < 4.78 is 35.8. The van der Waals surface area contributed by atoms with Crippen molar-refractivity contribution in [3.05, 3.63) is 23.3 Å². The molecule has 4 nitrogen and oxygen atoms in total. The van der Waals surface area contributed by atoms with Gasteiger partial charge in [-0.15, -0.1) is 0 Å². The van der Waals surface area contributed by atoms with Crippen molar-refractivity contribution in [2.75, 3.05) is 17.6 Å².